The van der Waals surface area contributed by atoms with E-state index in [0.29, 0.717) is 0 Å². The molecule has 0 atom stereocenters. The van der Waals surface area contributed by atoms with Gasteiger partial charge in [0, 0.05) is 5.69 Å². The maximum atomic E-state index is 4.53. The molecule has 1 aromatic rings. The highest BCUT2D eigenvalue weighted by molar-refractivity contribution is 5.26. The summed E-state index contributed by atoms with van der Waals surface area (Å²) in [7, 11) is 0. The molecule has 1 aromatic heterocycles. The lowest BCUT2D eigenvalue weighted by atomic mass is 10.0. The molecular weight excluding hydrogens is 208 g/mol. The van der Waals surface area contributed by atoms with Crippen LogP contribution in [0.4, 0.5) is 0 Å². The molecule has 0 saturated carbocycles. The van der Waals surface area contributed by atoms with Gasteiger partial charge >= 0.3 is 0 Å². The van der Waals surface area contributed by atoms with Gasteiger partial charge in [-0.05, 0) is 44.1 Å². The summed E-state index contributed by atoms with van der Waals surface area (Å²) < 4.78 is 0. The highest BCUT2D eigenvalue weighted by Gasteiger charge is 2.11. The molecule has 0 spiro atoms. The monoisotopic (exact) mass is 236 g/mol. The van der Waals surface area contributed by atoms with Crippen LogP contribution in [0.5, 0.6) is 0 Å². The van der Waals surface area contributed by atoms with Gasteiger partial charge in [0.05, 0.1) is 5.69 Å². The summed E-state index contributed by atoms with van der Waals surface area (Å²) in [6.45, 7) is 6.76. The van der Waals surface area contributed by atoms with Crippen LogP contribution in [0.3, 0.4) is 0 Å². The van der Waals surface area contributed by atoms with E-state index in [9.17, 15) is 0 Å². The maximum absolute atomic E-state index is 4.53. The van der Waals surface area contributed by atoms with Gasteiger partial charge in [0.25, 0.3) is 0 Å². The average molecular weight is 236 g/mol. The molecule has 2 heteroatoms. The summed E-state index contributed by atoms with van der Waals surface area (Å²) in [5.41, 5.74) is 4.28. The normalized spacial score (nSPS) is 11.0. The molecule has 98 valence electrons. The molecule has 0 bridgehead atoms. The van der Waals surface area contributed by atoms with Gasteiger partial charge in [-0.15, -0.1) is 0 Å². The van der Waals surface area contributed by atoms with Crippen molar-refractivity contribution >= 4 is 0 Å². The van der Waals surface area contributed by atoms with Crippen LogP contribution >= 0.6 is 0 Å². The predicted molar refractivity (Wildman–Crippen MR) is 74.4 cm³/mol. The lowest BCUT2D eigenvalue weighted by Gasteiger charge is -2.05. The lowest BCUT2D eigenvalue weighted by Crippen LogP contribution is -1.96. The van der Waals surface area contributed by atoms with Crippen LogP contribution in [0.15, 0.2) is 0 Å². The zero-order valence-corrected chi connectivity index (χ0v) is 11.8. The summed E-state index contributed by atoms with van der Waals surface area (Å²) >= 11 is 0. The van der Waals surface area contributed by atoms with Crippen molar-refractivity contribution in [3.05, 3.63) is 17.0 Å². The molecule has 17 heavy (non-hydrogen) atoms. The molecule has 0 aliphatic heterocycles. The quantitative estimate of drug-likeness (QED) is 0.674. The molecule has 1 heterocycles. The van der Waals surface area contributed by atoms with E-state index in [1.54, 1.807) is 0 Å². The zero-order chi connectivity index (χ0) is 12.5. The fourth-order valence-electron chi connectivity index (χ4n) is 2.20. The molecule has 0 unspecified atom stereocenters. The summed E-state index contributed by atoms with van der Waals surface area (Å²) in [6.07, 6.45) is 11.1. The number of hydrogen-bond donors (Lipinski definition) is 1. The Kier molecular flexibility index (Phi) is 6.99. The minimum Gasteiger partial charge on any atom is -0.282 e. The molecule has 1 rings (SSSR count). The van der Waals surface area contributed by atoms with Crippen molar-refractivity contribution in [1.82, 2.24) is 10.2 Å². The van der Waals surface area contributed by atoms with Crippen LogP contribution in [0.25, 0.3) is 0 Å². The van der Waals surface area contributed by atoms with E-state index in [0.717, 1.165) is 6.42 Å². The van der Waals surface area contributed by atoms with E-state index in [1.165, 1.54) is 68.3 Å². The first-order chi connectivity index (χ1) is 8.33. The molecule has 0 saturated heterocycles. The third kappa shape index (κ3) is 4.53. The van der Waals surface area contributed by atoms with Crippen LogP contribution in [-0.2, 0) is 19.3 Å². The van der Waals surface area contributed by atoms with Crippen molar-refractivity contribution in [2.24, 2.45) is 0 Å². The van der Waals surface area contributed by atoms with Crippen LogP contribution in [0.1, 0.15) is 76.2 Å². The van der Waals surface area contributed by atoms with Crippen molar-refractivity contribution in [3.63, 3.8) is 0 Å². The fourth-order valence-corrected chi connectivity index (χ4v) is 2.20. The lowest BCUT2D eigenvalue weighted by molar-refractivity contribution is 0.736. The van der Waals surface area contributed by atoms with Crippen LogP contribution < -0.4 is 0 Å². The molecule has 0 aliphatic rings. The van der Waals surface area contributed by atoms with E-state index in [4.69, 9.17) is 0 Å². The van der Waals surface area contributed by atoms with E-state index < -0.39 is 0 Å². The van der Waals surface area contributed by atoms with Crippen molar-refractivity contribution in [1.29, 1.82) is 0 Å². The van der Waals surface area contributed by atoms with Gasteiger partial charge in [-0.2, -0.15) is 5.10 Å². The summed E-state index contributed by atoms with van der Waals surface area (Å²) in [5, 5.41) is 7.81. The molecule has 2 nitrogen and oxygen atoms in total. The minimum absolute atomic E-state index is 1.15. The number of aromatic amines is 1. The van der Waals surface area contributed by atoms with Crippen molar-refractivity contribution in [3.8, 4) is 0 Å². The largest absolute Gasteiger partial charge is 0.282 e. The van der Waals surface area contributed by atoms with Crippen LogP contribution in [-0.4, -0.2) is 10.2 Å². The van der Waals surface area contributed by atoms with E-state index in [1.807, 2.05) is 0 Å². The average Bonchev–Trinajstić information content (AvgIpc) is 2.73. The number of aryl methyl sites for hydroxylation is 2. The molecule has 0 radical (unpaired) electrons. The minimum atomic E-state index is 1.15. The van der Waals surface area contributed by atoms with Gasteiger partial charge in [-0.1, -0.05) is 40.0 Å². The van der Waals surface area contributed by atoms with Gasteiger partial charge < -0.3 is 0 Å². The topological polar surface area (TPSA) is 28.7 Å². The SMILES string of the molecule is CCCCc1n[nH]c(CCCC)c1CCCC. The highest BCUT2D eigenvalue weighted by atomic mass is 15.1. The van der Waals surface area contributed by atoms with Crippen molar-refractivity contribution in [2.75, 3.05) is 0 Å². The first-order valence-corrected chi connectivity index (χ1v) is 7.38. The number of nitrogens with one attached hydrogen (secondary N) is 1. The smallest absolute Gasteiger partial charge is 0.0656 e. The van der Waals surface area contributed by atoms with Gasteiger partial charge in [-0.3, -0.25) is 5.10 Å². The number of rotatable bonds is 9. The Balaban J connectivity index is 2.70. The predicted octanol–water partition coefficient (Wildman–Crippen LogP) is 4.44. The van der Waals surface area contributed by atoms with Gasteiger partial charge in [0.15, 0.2) is 0 Å². The highest BCUT2D eigenvalue weighted by Crippen LogP contribution is 2.18. The first kappa shape index (κ1) is 14.3. The van der Waals surface area contributed by atoms with E-state index in [2.05, 4.69) is 31.0 Å². The first-order valence-electron chi connectivity index (χ1n) is 7.38. The van der Waals surface area contributed by atoms with E-state index >= 15 is 0 Å². The summed E-state index contributed by atoms with van der Waals surface area (Å²) in [5.74, 6) is 0. The summed E-state index contributed by atoms with van der Waals surface area (Å²) in [6, 6.07) is 0. The second-order valence-electron chi connectivity index (χ2n) is 4.94. The molecule has 0 aromatic carbocycles. The number of H-pyrrole nitrogens is 1. The maximum Gasteiger partial charge on any atom is 0.0656 e. The fraction of sp³-hybridized carbons (Fsp3) is 0.800. The molecule has 0 fully saturated rings. The third-order valence-corrected chi connectivity index (χ3v) is 3.37. The number of aromatic nitrogens is 2. The summed E-state index contributed by atoms with van der Waals surface area (Å²) in [4.78, 5) is 0. The standard InChI is InChI=1S/C15H28N2/c1-4-7-10-13-14(11-8-5-2)16-17-15(13)12-9-6-3/h4-12H2,1-3H3,(H,16,17). The second-order valence-corrected chi connectivity index (χ2v) is 4.94. The molecular formula is C15H28N2. The number of nitrogens with zero attached hydrogens (tertiary/aromatic N) is 1. The molecule has 1 N–H and O–H groups in total. The van der Waals surface area contributed by atoms with E-state index in [-0.39, 0.29) is 0 Å². The molecule has 0 amide bonds. The second kappa shape index (κ2) is 8.32. The van der Waals surface area contributed by atoms with Gasteiger partial charge in [0.2, 0.25) is 0 Å². The third-order valence-electron chi connectivity index (χ3n) is 3.37. The Morgan fingerprint density at radius 2 is 1.41 bits per heavy atom. The Morgan fingerprint density at radius 1 is 0.824 bits per heavy atom. The van der Waals surface area contributed by atoms with Crippen molar-refractivity contribution in [2.45, 2.75) is 78.6 Å². The zero-order valence-electron chi connectivity index (χ0n) is 11.8. The Hall–Kier alpha value is -0.790. The number of hydrogen-bond acceptors (Lipinski definition) is 1. The van der Waals surface area contributed by atoms with Crippen molar-refractivity contribution < 1.29 is 0 Å². The van der Waals surface area contributed by atoms with Gasteiger partial charge in [0.1, 0.15) is 0 Å². The Bertz CT molecular complexity index is 276. The molecule has 0 aliphatic carbocycles. The van der Waals surface area contributed by atoms with Gasteiger partial charge in [-0.25, -0.2) is 0 Å². The van der Waals surface area contributed by atoms with Crippen LogP contribution in [0.2, 0.25) is 0 Å². The Labute approximate surface area is 106 Å². The van der Waals surface area contributed by atoms with Crippen LogP contribution in [0, 0.1) is 0 Å². The number of unbranched alkanes of at least 4 members (excludes halogenated alkanes) is 3. The Morgan fingerprint density at radius 3 is 2.06 bits per heavy atom.